The van der Waals surface area contributed by atoms with Crippen molar-refractivity contribution in [2.24, 2.45) is 0 Å². The van der Waals surface area contributed by atoms with Crippen molar-refractivity contribution < 1.29 is 9.90 Å². The molecule has 0 aliphatic heterocycles. The van der Waals surface area contributed by atoms with Gasteiger partial charge in [-0.2, -0.15) is 0 Å². The Morgan fingerprint density at radius 3 is 2.67 bits per heavy atom. The monoisotopic (exact) mass is 270 g/mol. The highest BCUT2D eigenvalue weighted by Gasteiger charge is 2.07. The SMILES string of the molecule is CCc1ccc(C(=O)CCBr)cc1CO. The van der Waals surface area contributed by atoms with Crippen LogP contribution in [0.5, 0.6) is 0 Å². The maximum absolute atomic E-state index is 11.6. The Balaban J connectivity index is 2.97. The third-order valence-electron chi connectivity index (χ3n) is 2.40. The number of Topliss-reactive ketones (excluding diaryl/α,β-unsaturated/α-hetero) is 1. The van der Waals surface area contributed by atoms with E-state index < -0.39 is 0 Å². The summed E-state index contributed by atoms with van der Waals surface area (Å²) in [5, 5.41) is 9.84. The second-order valence-electron chi connectivity index (χ2n) is 3.36. The van der Waals surface area contributed by atoms with Gasteiger partial charge in [-0.15, -0.1) is 0 Å². The van der Waals surface area contributed by atoms with Gasteiger partial charge in [0.2, 0.25) is 0 Å². The maximum atomic E-state index is 11.6. The lowest BCUT2D eigenvalue weighted by molar-refractivity contribution is 0.0989. The van der Waals surface area contributed by atoms with E-state index in [1.165, 1.54) is 0 Å². The molecule has 0 aliphatic carbocycles. The molecular weight excluding hydrogens is 256 g/mol. The first-order chi connectivity index (χ1) is 7.22. The van der Waals surface area contributed by atoms with Gasteiger partial charge in [-0.05, 0) is 23.6 Å². The van der Waals surface area contributed by atoms with Gasteiger partial charge in [0.05, 0.1) is 6.61 Å². The van der Waals surface area contributed by atoms with E-state index in [0.717, 1.165) is 17.5 Å². The molecular formula is C12H15BrO2. The third kappa shape index (κ3) is 3.14. The molecule has 1 aromatic carbocycles. The van der Waals surface area contributed by atoms with E-state index in [9.17, 15) is 4.79 Å². The van der Waals surface area contributed by atoms with Crippen LogP contribution in [0.2, 0.25) is 0 Å². The van der Waals surface area contributed by atoms with Crippen LogP contribution in [-0.4, -0.2) is 16.2 Å². The zero-order chi connectivity index (χ0) is 11.3. The van der Waals surface area contributed by atoms with Crippen molar-refractivity contribution >= 4 is 21.7 Å². The van der Waals surface area contributed by atoms with E-state index in [1.54, 1.807) is 6.07 Å². The fourth-order valence-corrected chi connectivity index (χ4v) is 1.88. The highest BCUT2D eigenvalue weighted by atomic mass is 79.9. The van der Waals surface area contributed by atoms with Gasteiger partial charge in [0.15, 0.2) is 5.78 Å². The molecule has 0 bridgehead atoms. The van der Waals surface area contributed by atoms with Gasteiger partial charge in [0.1, 0.15) is 0 Å². The Morgan fingerprint density at radius 1 is 1.40 bits per heavy atom. The lowest BCUT2D eigenvalue weighted by Gasteiger charge is -2.07. The molecule has 0 saturated carbocycles. The third-order valence-corrected chi connectivity index (χ3v) is 2.80. The van der Waals surface area contributed by atoms with Gasteiger partial charge in [-0.1, -0.05) is 35.0 Å². The number of hydrogen-bond donors (Lipinski definition) is 1. The van der Waals surface area contributed by atoms with Crippen LogP contribution >= 0.6 is 15.9 Å². The first-order valence-corrected chi connectivity index (χ1v) is 6.16. The fraction of sp³-hybridized carbons (Fsp3) is 0.417. The normalized spacial score (nSPS) is 10.3. The standard InChI is InChI=1S/C12H15BrO2/c1-2-9-3-4-10(7-11(9)8-14)12(15)5-6-13/h3-4,7,14H,2,5-6,8H2,1H3. The molecule has 2 nitrogen and oxygen atoms in total. The average molecular weight is 271 g/mol. The Hall–Kier alpha value is -0.670. The van der Waals surface area contributed by atoms with Crippen LogP contribution in [0.1, 0.15) is 34.8 Å². The van der Waals surface area contributed by atoms with Crippen molar-refractivity contribution in [2.45, 2.75) is 26.4 Å². The second-order valence-corrected chi connectivity index (χ2v) is 4.15. The van der Waals surface area contributed by atoms with Gasteiger partial charge in [0.25, 0.3) is 0 Å². The van der Waals surface area contributed by atoms with Crippen LogP contribution in [0, 0.1) is 0 Å². The van der Waals surface area contributed by atoms with Crippen molar-refractivity contribution in [3.8, 4) is 0 Å². The summed E-state index contributed by atoms with van der Waals surface area (Å²) >= 11 is 3.24. The lowest BCUT2D eigenvalue weighted by atomic mass is 10.00. The van der Waals surface area contributed by atoms with Crippen molar-refractivity contribution in [1.82, 2.24) is 0 Å². The van der Waals surface area contributed by atoms with Gasteiger partial charge in [0, 0.05) is 17.3 Å². The number of aryl methyl sites for hydroxylation is 1. The summed E-state index contributed by atoms with van der Waals surface area (Å²) in [6.45, 7) is 2.03. The quantitative estimate of drug-likeness (QED) is 0.660. The number of benzene rings is 1. The molecule has 0 aromatic heterocycles. The minimum Gasteiger partial charge on any atom is -0.392 e. The highest BCUT2D eigenvalue weighted by molar-refractivity contribution is 9.09. The molecule has 15 heavy (non-hydrogen) atoms. The summed E-state index contributed by atoms with van der Waals surface area (Å²) in [4.78, 5) is 11.6. The van der Waals surface area contributed by atoms with Crippen LogP contribution in [0.15, 0.2) is 18.2 Å². The van der Waals surface area contributed by atoms with E-state index in [4.69, 9.17) is 5.11 Å². The number of aliphatic hydroxyl groups is 1. The van der Waals surface area contributed by atoms with Crippen LogP contribution in [0.4, 0.5) is 0 Å². The first-order valence-electron chi connectivity index (χ1n) is 5.04. The largest absolute Gasteiger partial charge is 0.392 e. The van der Waals surface area contributed by atoms with Crippen LogP contribution in [0.3, 0.4) is 0 Å². The smallest absolute Gasteiger partial charge is 0.163 e. The van der Waals surface area contributed by atoms with Crippen molar-refractivity contribution in [2.75, 3.05) is 5.33 Å². The molecule has 0 saturated heterocycles. The molecule has 0 fully saturated rings. The van der Waals surface area contributed by atoms with Crippen molar-refractivity contribution in [1.29, 1.82) is 0 Å². The summed E-state index contributed by atoms with van der Waals surface area (Å²) in [6.07, 6.45) is 1.37. The van der Waals surface area contributed by atoms with E-state index >= 15 is 0 Å². The van der Waals surface area contributed by atoms with Gasteiger partial charge in [-0.3, -0.25) is 4.79 Å². The number of rotatable bonds is 5. The Kier molecular flexibility index (Phi) is 4.99. The molecule has 0 atom stereocenters. The van der Waals surface area contributed by atoms with Crippen molar-refractivity contribution in [3.63, 3.8) is 0 Å². The maximum Gasteiger partial charge on any atom is 0.163 e. The fourth-order valence-electron chi connectivity index (χ4n) is 1.52. The topological polar surface area (TPSA) is 37.3 Å². The number of hydrogen-bond acceptors (Lipinski definition) is 2. The number of aliphatic hydroxyl groups excluding tert-OH is 1. The minimum absolute atomic E-state index is 0.00138. The molecule has 0 amide bonds. The molecule has 0 aliphatic rings. The molecule has 3 heteroatoms. The summed E-state index contributed by atoms with van der Waals surface area (Å²) in [5.41, 5.74) is 2.65. The lowest BCUT2D eigenvalue weighted by Crippen LogP contribution is -2.02. The number of carbonyl (C=O) groups is 1. The van der Waals surface area contributed by atoms with E-state index in [0.29, 0.717) is 17.3 Å². The Morgan fingerprint density at radius 2 is 2.13 bits per heavy atom. The summed E-state index contributed by atoms with van der Waals surface area (Å²) in [6, 6.07) is 5.56. The van der Waals surface area contributed by atoms with Gasteiger partial charge < -0.3 is 5.11 Å². The number of halogens is 1. The van der Waals surface area contributed by atoms with Crippen LogP contribution in [-0.2, 0) is 13.0 Å². The van der Waals surface area contributed by atoms with E-state index in [-0.39, 0.29) is 12.4 Å². The number of ketones is 1. The minimum atomic E-state index is -0.00138. The van der Waals surface area contributed by atoms with Crippen molar-refractivity contribution in [3.05, 3.63) is 34.9 Å². The molecule has 0 radical (unpaired) electrons. The number of carbonyl (C=O) groups excluding carboxylic acids is 1. The average Bonchev–Trinajstić information content (AvgIpc) is 2.28. The zero-order valence-electron chi connectivity index (χ0n) is 8.79. The Bertz CT molecular complexity index is 347. The first kappa shape index (κ1) is 12.4. The Labute approximate surface area is 98.4 Å². The van der Waals surface area contributed by atoms with E-state index in [1.807, 2.05) is 19.1 Å². The summed E-state index contributed by atoms with van der Waals surface area (Å²) in [5.74, 6) is 0.115. The summed E-state index contributed by atoms with van der Waals surface area (Å²) in [7, 11) is 0. The molecule has 0 unspecified atom stereocenters. The predicted octanol–water partition coefficient (Wildman–Crippen LogP) is 2.71. The second kappa shape index (κ2) is 6.03. The molecule has 1 aromatic rings. The number of alkyl halides is 1. The molecule has 1 N–H and O–H groups in total. The van der Waals surface area contributed by atoms with Crippen LogP contribution in [0.25, 0.3) is 0 Å². The summed E-state index contributed by atoms with van der Waals surface area (Å²) < 4.78 is 0. The predicted molar refractivity (Wildman–Crippen MR) is 64.5 cm³/mol. The van der Waals surface area contributed by atoms with Crippen LogP contribution < -0.4 is 0 Å². The molecule has 0 heterocycles. The van der Waals surface area contributed by atoms with E-state index in [2.05, 4.69) is 15.9 Å². The van der Waals surface area contributed by atoms with Gasteiger partial charge in [-0.25, -0.2) is 0 Å². The molecule has 82 valence electrons. The molecule has 0 spiro atoms. The zero-order valence-corrected chi connectivity index (χ0v) is 10.4. The van der Waals surface area contributed by atoms with Gasteiger partial charge >= 0.3 is 0 Å². The highest BCUT2D eigenvalue weighted by Crippen LogP contribution is 2.14. The molecule has 1 rings (SSSR count).